The number of aromatic nitrogens is 1. The van der Waals surface area contributed by atoms with Gasteiger partial charge in [0.15, 0.2) is 0 Å². The van der Waals surface area contributed by atoms with E-state index in [2.05, 4.69) is 4.98 Å². The molecule has 0 unspecified atom stereocenters. The molecule has 1 aromatic rings. The van der Waals surface area contributed by atoms with Crippen LogP contribution in [-0.4, -0.2) is 54.9 Å². The minimum atomic E-state index is -3.20. The van der Waals surface area contributed by atoms with E-state index < -0.39 is 10.0 Å². The van der Waals surface area contributed by atoms with Gasteiger partial charge >= 0.3 is 0 Å². The van der Waals surface area contributed by atoms with E-state index in [4.69, 9.17) is 9.47 Å². The molecule has 2 aliphatic rings. The van der Waals surface area contributed by atoms with Gasteiger partial charge in [0.2, 0.25) is 10.0 Å². The van der Waals surface area contributed by atoms with Gasteiger partial charge in [0.1, 0.15) is 18.0 Å². The van der Waals surface area contributed by atoms with Gasteiger partial charge in [-0.1, -0.05) is 6.92 Å². The van der Waals surface area contributed by atoms with Crippen molar-refractivity contribution in [2.24, 2.45) is 0 Å². The molecule has 1 saturated carbocycles. The SMILES string of the molecule is CCCS(=O)(=O)N1CCO[C@H]2[C@@H](Oc3cccnc3)CC[C@H]21. The van der Waals surface area contributed by atoms with E-state index in [-0.39, 0.29) is 24.0 Å². The second-order valence-corrected chi connectivity index (χ2v) is 7.79. The van der Waals surface area contributed by atoms with Gasteiger partial charge in [-0.25, -0.2) is 8.42 Å². The Morgan fingerprint density at radius 2 is 2.32 bits per heavy atom. The molecule has 0 radical (unpaired) electrons. The van der Waals surface area contributed by atoms with Gasteiger partial charge < -0.3 is 9.47 Å². The van der Waals surface area contributed by atoms with Crippen molar-refractivity contribution in [1.29, 1.82) is 0 Å². The molecule has 0 bridgehead atoms. The molecule has 0 aromatic carbocycles. The number of sulfonamides is 1. The van der Waals surface area contributed by atoms with E-state index >= 15 is 0 Å². The summed E-state index contributed by atoms with van der Waals surface area (Å²) in [5, 5.41) is 0. The van der Waals surface area contributed by atoms with Crippen LogP contribution in [0.2, 0.25) is 0 Å². The molecule has 0 N–H and O–H groups in total. The number of fused-ring (bicyclic) bond motifs is 1. The molecule has 0 spiro atoms. The Bertz CT molecular complexity index is 593. The first-order chi connectivity index (χ1) is 10.6. The standard InChI is InChI=1S/C15H22N2O4S/c1-2-10-22(18,19)17-8-9-20-15-13(17)5-6-14(15)21-12-4-3-7-16-11-12/h3-4,7,11,13-15H,2,5-6,8-10H2,1H3/t13-,14+,15-/m1/s1. The van der Waals surface area contributed by atoms with Crippen LogP contribution in [0, 0.1) is 0 Å². The monoisotopic (exact) mass is 326 g/mol. The molecule has 6 nitrogen and oxygen atoms in total. The minimum Gasteiger partial charge on any atom is -0.486 e. The quantitative estimate of drug-likeness (QED) is 0.819. The number of nitrogens with zero attached hydrogens (tertiary/aromatic N) is 2. The zero-order valence-corrected chi connectivity index (χ0v) is 13.5. The second-order valence-electron chi connectivity index (χ2n) is 5.75. The first-order valence-corrected chi connectivity index (χ1v) is 9.40. The highest BCUT2D eigenvalue weighted by molar-refractivity contribution is 7.89. The summed E-state index contributed by atoms with van der Waals surface area (Å²) in [6, 6.07) is 3.57. The smallest absolute Gasteiger partial charge is 0.214 e. The minimum absolute atomic E-state index is 0.105. The van der Waals surface area contributed by atoms with Crippen molar-refractivity contribution in [1.82, 2.24) is 9.29 Å². The second kappa shape index (κ2) is 6.52. The topological polar surface area (TPSA) is 68.7 Å². The van der Waals surface area contributed by atoms with Crippen LogP contribution in [0.3, 0.4) is 0 Å². The number of morpholine rings is 1. The number of hydrogen-bond acceptors (Lipinski definition) is 5. The molecule has 1 saturated heterocycles. The first kappa shape index (κ1) is 15.7. The number of hydrogen-bond donors (Lipinski definition) is 0. The summed E-state index contributed by atoms with van der Waals surface area (Å²) in [5.74, 6) is 0.898. The number of pyridine rings is 1. The van der Waals surface area contributed by atoms with Crippen molar-refractivity contribution in [2.75, 3.05) is 18.9 Å². The van der Waals surface area contributed by atoms with Crippen molar-refractivity contribution in [3.8, 4) is 5.75 Å². The van der Waals surface area contributed by atoms with E-state index in [0.29, 0.717) is 25.3 Å². The maximum Gasteiger partial charge on any atom is 0.214 e. The fraction of sp³-hybridized carbons (Fsp3) is 0.667. The van der Waals surface area contributed by atoms with Crippen LogP contribution in [0.4, 0.5) is 0 Å². The lowest BCUT2D eigenvalue weighted by atomic mass is 10.1. The molecule has 0 amide bonds. The van der Waals surface area contributed by atoms with Crippen LogP contribution in [0.15, 0.2) is 24.5 Å². The predicted molar refractivity (Wildman–Crippen MR) is 82.2 cm³/mol. The van der Waals surface area contributed by atoms with Gasteiger partial charge in [-0.15, -0.1) is 0 Å². The molecule has 3 rings (SSSR count). The van der Waals surface area contributed by atoms with Crippen molar-refractivity contribution < 1.29 is 17.9 Å². The van der Waals surface area contributed by atoms with Crippen molar-refractivity contribution in [3.05, 3.63) is 24.5 Å². The molecule has 122 valence electrons. The third-order valence-electron chi connectivity index (χ3n) is 4.23. The summed E-state index contributed by atoms with van der Waals surface area (Å²) >= 11 is 0. The van der Waals surface area contributed by atoms with E-state index in [9.17, 15) is 8.42 Å². The van der Waals surface area contributed by atoms with Crippen LogP contribution >= 0.6 is 0 Å². The van der Waals surface area contributed by atoms with Gasteiger partial charge in [-0.2, -0.15) is 4.31 Å². The Balaban J connectivity index is 1.73. The normalized spacial score (nSPS) is 29.2. The highest BCUT2D eigenvalue weighted by atomic mass is 32.2. The molecule has 22 heavy (non-hydrogen) atoms. The first-order valence-electron chi connectivity index (χ1n) is 7.79. The molecule has 1 aromatic heterocycles. The van der Waals surface area contributed by atoms with Gasteiger partial charge in [0.05, 0.1) is 24.6 Å². The highest BCUT2D eigenvalue weighted by Gasteiger charge is 2.47. The Morgan fingerprint density at radius 1 is 1.45 bits per heavy atom. The van der Waals surface area contributed by atoms with Crippen LogP contribution in [0.5, 0.6) is 5.75 Å². The molecule has 3 atom stereocenters. The average Bonchev–Trinajstić information content (AvgIpc) is 2.91. The van der Waals surface area contributed by atoms with E-state index in [0.717, 1.165) is 12.8 Å². The van der Waals surface area contributed by atoms with Crippen molar-refractivity contribution in [3.63, 3.8) is 0 Å². The fourth-order valence-corrected chi connectivity index (χ4v) is 5.06. The van der Waals surface area contributed by atoms with Crippen LogP contribution in [0.25, 0.3) is 0 Å². The Morgan fingerprint density at radius 3 is 3.05 bits per heavy atom. The largest absolute Gasteiger partial charge is 0.486 e. The molecule has 7 heteroatoms. The lowest BCUT2D eigenvalue weighted by Gasteiger charge is -2.38. The molecule has 2 heterocycles. The van der Waals surface area contributed by atoms with Crippen LogP contribution < -0.4 is 4.74 Å². The Labute approximate surface area is 131 Å². The van der Waals surface area contributed by atoms with Gasteiger partial charge in [-0.05, 0) is 31.4 Å². The van der Waals surface area contributed by atoms with E-state index in [1.165, 1.54) is 0 Å². The molecule has 1 aliphatic heterocycles. The molecular formula is C15H22N2O4S. The van der Waals surface area contributed by atoms with E-state index in [1.807, 2.05) is 19.1 Å². The Kier molecular flexibility index (Phi) is 4.65. The zero-order valence-electron chi connectivity index (χ0n) is 12.7. The summed E-state index contributed by atoms with van der Waals surface area (Å²) in [6.45, 7) is 2.76. The third kappa shape index (κ3) is 3.11. The lowest BCUT2D eigenvalue weighted by molar-refractivity contribution is -0.0660. The molecule has 1 aliphatic carbocycles. The van der Waals surface area contributed by atoms with Gasteiger partial charge in [-0.3, -0.25) is 4.98 Å². The number of rotatable bonds is 5. The third-order valence-corrected chi connectivity index (χ3v) is 6.32. The van der Waals surface area contributed by atoms with Gasteiger partial charge in [0, 0.05) is 12.7 Å². The summed E-state index contributed by atoms with van der Waals surface area (Å²) in [6.07, 6.45) is 5.25. The van der Waals surface area contributed by atoms with Gasteiger partial charge in [0.25, 0.3) is 0 Å². The molecule has 2 fully saturated rings. The van der Waals surface area contributed by atoms with Crippen molar-refractivity contribution in [2.45, 2.75) is 44.4 Å². The highest BCUT2D eigenvalue weighted by Crippen LogP contribution is 2.34. The summed E-state index contributed by atoms with van der Waals surface area (Å²) in [4.78, 5) is 4.04. The summed E-state index contributed by atoms with van der Waals surface area (Å²) in [7, 11) is -3.20. The zero-order chi connectivity index (χ0) is 15.6. The maximum absolute atomic E-state index is 12.4. The average molecular weight is 326 g/mol. The van der Waals surface area contributed by atoms with Crippen LogP contribution in [0.1, 0.15) is 26.2 Å². The summed E-state index contributed by atoms with van der Waals surface area (Å²) in [5.41, 5.74) is 0. The lowest BCUT2D eigenvalue weighted by Crippen LogP contribution is -2.54. The maximum atomic E-state index is 12.4. The Hall–Kier alpha value is -1.18. The predicted octanol–water partition coefficient (Wildman–Crippen LogP) is 1.43. The van der Waals surface area contributed by atoms with Crippen molar-refractivity contribution >= 4 is 10.0 Å². The van der Waals surface area contributed by atoms with Crippen LogP contribution in [-0.2, 0) is 14.8 Å². The molecular weight excluding hydrogens is 304 g/mol. The fourth-order valence-electron chi connectivity index (χ4n) is 3.32. The summed E-state index contributed by atoms with van der Waals surface area (Å²) < 4.78 is 38.3. The van der Waals surface area contributed by atoms with E-state index in [1.54, 1.807) is 16.7 Å². The number of ether oxygens (including phenoxy) is 2.